The predicted octanol–water partition coefficient (Wildman–Crippen LogP) is 3.90. The van der Waals surface area contributed by atoms with Gasteiger partial charge < -0.3 is 10.6 Å². The van der Waals surface area contributed by atoms with Gasteiger partial charge in [-0.15, -0.1) is 0 Å². The Hall–Kier alpha value is -2.66. The molecule has 1 aliphatic rings. The van der Waals surface area contributed by atoms with Gasteiger partial charge in [0.15, 0.2) is 5.78 Å². The number of carbonyl (C=O) groups excluding carboxylic acids is 3. The summed E-state index contributed by atoms with van der Waals surface area (Å²) in [5, 5.41) is 6.09. The van der Waals surface area contributed by atoms with Crippen LogP contribution in [0, 0.1) is 5.41 Å². The Morgan fingerprint density at radius 1 is 0.840 bits per heavy atom. The Kier molecular flexibility index (Phi) is 4.59. The zero-order chi connectivity index (χ0) is 18.0. The largest absolute Gasteiger partial charge is 0.325 e. The highest BCUT2D eigenvalue weighted by molar-refractivity contribution is 6.30. The lowest BCUT2D eigenvalue weighted by Gasteiger charge is -2.15. The summed E-state index contributed by atoms with van der Waals surface area (Å²) >= 11 is 5.82. The van der Waals surface area contributed by atoms with Crippen molar-refractivity contribution in [3.8, 4) is 0 Å². The first-order valence-electron chi connectivity index (χ1n) is 7.90. The monoisotopic (exact) mass is 356 g/mol. The van der Waals surface area contributed by atoms with E-state index in [0.29, 0.717) is 34.8 Å². The topological polar surface area (TPSA) is 75.3 Å². The highest BCUT2D eigenvalue weighted by Gasteiger charge is 2.56. The average Bonchev–Trinajstić information content (AvgIpc) is 3.39. The standard InChI is InChI=1S/C19H17ClN2O3/c1-12(23)13-2-6-15(7-3-13)21-17(24)19(10-11-19)18(25)22-16-8-4-14(20)5-9-16/h2-9H,10-11H2,1H3,(H,21,24)(H,22,25). The molecule has 128 valence electrons. The fraction of sp³-hybridized carbons (Fsp3) is 0.211. The van der Waals surface area contributed by atoms with E-state index in [-0.39, 0.29) is 17.6 Å². The lowest BCUT2D eigenvalue weighted by atomic mass is 10.0. The first-order chi connectivity index (χ1) is 11.9. The Balaban J connectivity index is 1.67. The van der Waals surface area contributed by atoms with E-state index in [1.807, 2.05) is 0 Å². The third-order valence-corrected chi connectivity index (χ3v) is 4.52. The van der Waals surface area contributed by atoms with Crippen molar-refractivity contribution in [1.82, 2.24) is 0 Å². The molecule has 3 rings (SSSR count). The highest BCUT2D eigenvalue weighted by atomic mass is 35.5. The van der Waals surface area contributed by atoms with Crippen molar-refractivity contribution in [3.05, 3.63) is 59.1 Å². The number of amides is 2. The molecule has 0 aliphatic heterocycles. The molecule has 2 aromatic carbocycles. The van der Waals surface area contributed by atoms with Gasteiger partial charge in [-0.3, -0.25) is 14.4 Å². The fourth-order valence-corrected chi connectivity index (χ4v) is 2.63. The van der Waals surface area contributed by atoms with Gasteiger partial charge in [0.2, 0.25) is 11.8 Å². The number of halogens is 1. The van der Waals surface area contributed by atoms with Crippen LogP contribution in [-0.4, -0.2) is 17.6 Å². The summed E-state index contributed by atoms with van der Waals surface area (Å²) in [6, 6.07) is 13.3. The average molecular weight is 357 g/mol. The summed E-state index contributed by atoms with van der Waals surface area (Å²) in [7, 11) is 0. The maximum absolute atomic E-state index is 12.5. The molecule has 2 N–H and O–H groups in total. The van der Waals surface area contributed by atoms with Crippen LogP contribution in [0.15, 0.2) is 48.5 Å². The molecule has 1 aliphatic carbocycles. The molecule has 0 aromatic heterocycles. The molecule has 0 bridgehead atoms. The van der Waals surface area contributed by atoms with Crippen molar-refractivity contribution in [2.75, 3.05) is 10.6 Å². The van der Waals surface area contributed by atoms with Crippen molar-refractivity contribution < 1.29 is 14.4 Å². The lowest BCUT2D eigenvalue weighted by molar-refractivity contribution is -0.131. The molecular formula is C19H17ClN2O3. The Labute approximate surface area is 150 Å². The molecule has 0 saturated heterocycles. The van der Waals surface area contributed by atoms with Gasteiger partial charge in [0.05, 0.1) is 0 Å². The molecule has 25 heavy (non-hydrogen) atoms. The van der Waals surface area contributed by atoms with Crippen molar-refractivity contribution in [2.24, 2.45) is 5.41 Å². The van der Waals surface area contributed by atoms with Crippen molar-refractivity contribution in [3.63, 3.8) is 0 Å². The highest BCUT2D eigenvalue weighted by Crippen LogP contribution is 2.47. The fourth-order valence-electron chi connectivity index (χ4n) is 2.51. The van der Waals surface area contributed by atoms with E-state index in [4.69, 9.17) is 11.6 Å². The number of ketones is 1. The van der Waals surface area contributed by atoms with Gasteiger partial charge in [-0.05, 0) is 68.3 Å². The third-order valence-electron chi connectivity index (χ3n) is 4.27. The SMILES string of the molecule is CC(=O)c1ccc(NC(=O)C2(C(=O)Nc3ccc(Cl)cc3)CC2)cc1. The van der Waals surface area contributed by atoms with Crippen molar-refractivity contribution >= 4 is 40.6 Å². The van der Waals surface area contributed by atoms with Crippen LogP contribution >= 0.6 is 11.6 Å². The maximum atomic E-state index is 12.5. The molecule has 0 heterocycles. The zero-order valence-electron chi connectivity index (χ0n) is 13.6. The molecule has 2 amide bonds. The lowest BCUT2D eigenvalue weighted by Crippen LogP contribution is -2.35. The molecule has 6 heteroatoms. The van der Waals surface area contributed by atoms with Gasteiger partial charge in [0.25, 0.3) is 0 Å². The Morgan fingerprint density at radius 2 is 1.28 bits per heavy atom. The molecule has 1 saturated carbocycles. The molecule has 0 unspecified atom stereocenters. The van der Waals surface area contributed by atoms with Crippen molar-refractivity contribution in [1.29, 1.82) is 0 Å². The van der Waals surface area contributed by atoms with Gasteiger partial charge in [-0.1, -0.05) is 11.6 Å². The number of benzene rings is 2. The zero-order valence-corrected chi connectivity index (χ0v) is 14.4. The minimum Gasteiger partial charge on any atom is -0.325 e. The first-order valence-corrected chi connectivity index (χ1v) is 8.28. The van der Waals surface area contributed by atoms with E-state index in [0.717, 1.165) is 0 Å². The van der Waals surface area contributed by atoms with Crippen LogP contribution < -0.4 is 10.6 Å². The van der Waals surface area contributed by atoms with Crippen LogP contribution in [0.3, 0.4) is 0 Å². The van der Waals surface area contributed by atoms with Gasteiger partial charge in [-0.2, -0.15) is 0 Å². The molecule has 1 fully saturated rings. The number of anilines is 2. The minimum atomic E-state index is -1.04. The van der Waals surface area contributed by atoms with Gasteiger partial charge in [-0.25, -0.2) is 0 Å². The van der Waals surface area contributed by atoms with Gasteiger partial charge >= 0.3 is 0 Å². The van der Waals surface area contributed by atoms with Crippen LogP contribution in [-0.2, 0) is 9.59 Å². The number of hydrogen-bond donors (Lipinski definition) is 2. The number of Topliss-reactive ketones (excluding diaryl/α,β-unsaturated/α-hetero) is 1. The van der Waals surface area contributed by atoms with Crippen LogP contribution in [0.2, 0.25) is 5.02 Å². The van der Waals surface area contributed by atoms with E-state index in [9.17, 15) is 14.4 Å². The van der Waals surface area contributed by atoms with Crippen LogP contribution in [0.1, 0.15) is 30.1 Å². The van der Waals surface area contributed by atoms with E-state index < -0.39 is 5.41 Å². The second kappa shape index (κ2) is 6.69. The molecule has 2 aromatic rings. The van der Waals surface area contributed by atoms with Crippen LogP contribution in [0.25, 0.3) is 0 Å². The minimum absolute atomic E-state index is 0.0427. The summed E-state index contributed by atoms with van der Waals surface area (Å²) < 4.78 is 0. The van der Waals surface area contributed by atoms with Crippen LogP contribution in [0.4, 0.5) is 11.4 Å². The Bertz CT molecular complexity index is 825. The summed E-state index contributed by atoms with van der Waals surface area (Å²) in [5.74, 6) is -0.707. The molecular weight excluding hydrogens is 340 g/mol. The van der Waals surface area contributed by atoms with E-state index in [1.165, 1.54) is 6.92 Å². The smallest absolute Gasteiger partial charge is 0.240 e. The quantitative estimate of drug-likeness (QED) is 0.630. The maximum Gasteiger partial charge on any atom is 0.240 e. The summed E-state index contributed by atoms with van der Waals surface area (Å²) in [5.41, 5.74) is 0.679. The third kappa shape index (κ3) is 3.72. The van der Waals surface area contributed by atoms with E-state index >= 15 is 0 Å². The van der Waals surface area contributed by atoms with E-state index in [1.54, 1.807) is 48.5 Å². The summed E-state index contributed by atoms with van der Waals surface area (Å²) in [6.07, 6.45) is 1.01. The number of nitrogens with one attached hydrogen (secondary N) is 2. The first kappa shape index (κ1) is 17.2. The second-order valence-corrected chi connectivity index (χ2v) is 6.57. The van der Waals surface area contributed by atoms with Crippen LogP contribution in [0.5, 0.6) is 0 Å². The summed E-state index contributed by atoms with van der Waals surface area (Å²) in [6.45, 7) is 1.48. The number of rotatable bonds is 5. The second-order valence-electron chi connectivity index (χ2n) is 6.13. The molecule has 5 nitrogen and oxygen atoms in total. The van der Waals surface area contributed by atoms with Gasteiger partial charge in [0.1, 0.15) is 5.41 Å². The summed E-state index contributed by atoms with van der Waals surface area (Å²) in [4.78, 5) is 36.3. The number of hydrogen-bond acceptors (Lipinski definition) is 3. The predicted molar refractivity (Wildman–Crippen MR) is 96.8 cm³/mol. The molecule has 0 radical (unpaired) electrons. The molecule has 0 atom stereocenters. The number of carbonyl (C=O) groups is 3. The van der Waals surface area contributed by atoms with E-state index in [2.05, 4.69) is 10.6 Å². The normalized spacial score (nSPS) is 14.5. The Morgan fingerprint density at radius 3 is 1.68 bits per heavy atom. The van der Waals surface area contributed by atoms with Gasteiger partial charge in [0, 0.05) is 22.0 Å². The molecule has 0 spiro atoms. The van der Waals surface area contributed by atoms with Crippen molar-refractivity contribution in [2.45, 2.75) is 19.8 Å².